The molecule has 0 saturated heterocycles. The number of aromatic nitrogens is 3. The SMILES string of the molecule is CN(C)C1(CNCc2cn(C)nn2)CCCC1. The van der Waals surface area contributed by atoms with Crippen LogP contribution in [0.5, 0.6) is 0 Å². The minimum absolute atomic E-state index is 0.349. The van der Waals surface area contributed by atoms with Crippen molar-refractivity contribution < 1.29 is 0 Å². The number of rotatable bonds is 5. The average Bonchev–Trinajstić information content (AvgIpc) is 2.89. The van der Waals surface area contributed by atoms with Crippen molar-refractivity contribution in [1.82, 2.24) is 25.2 Å². The number of hydrogen-bond donors (Lipinski definition) is 1. The summed E-state index contributed by atoms with van der Waals surface area (Å²) in [4.78, 5) is 2.38. The summed E-state index contributed by atoms with van der Waals surface area (Å²) in [7, 11) is 6.28. The number of aryl methyl sites for hydroxylation is 1. The molecular weight excluding hydrogens is 214 g/mol. The van der Waals surface area contributed by atoms with Crippen molar-refractivity contribution in [3.05, 3.63) is 11.9 Å². The van der Waals surface area contributed by atoms with Gasteiger partial charge in [-0.3, -0.25) is 4.68 Å². The summed E-state index contributed by atoms with van der Waals surface area (Å²) in [5, 5.41) is 11.5. The minimum atomic E-state index is 0.349. The van der Waals surface area contributed by atoms with Gasteiger partial charge in [0.15, 0.2) is 0 Å². The van der Waals surface area contributed by atoms with E-state index in [4.69, 9.17) is 0 Å². The first-order valence-electron chi connectivity index (χ1n) is 6.36. The molecule has 5 nitrogen and oxygen atoms in total. The van der Waals surface area contributed by atoms with Crippen LogP contribution in [-0.4, -0.2) is 46.1 Å². The van der Waals surface area contributed by atoms with Crippen LogP contribution in [0.15, 0.2) is 6.20 Å². The average molecular weight is 237 g/mol. The van der Waals surface area contributed by atoms with Crippen molar-refractivity contribution in [1.29, 1.82) is 0 Å². The Morgan fingerprint density at radius 1 is 1.41 bits per heavy atom. The van der Waals surface area contributed by atoms with E-state index in [-0.39, 0.29) is 0 Å². The first-order chi connectivity index (χ1) is 8.12. The van der Waals surface area contributed by atoms with Crippen molar-refractivity contribution in [2.45, 2.75) is 37.8 Å². The maximum atomic E-state index is 4.08. The Balaban J connectivity index is 1.84. The Bertz CT molecular complexity index is 352. The van der Waals surface area contributed by atoms with E-state index >= 15 is 0 Å². The van der Waals surface area contributed by atoms with Crippen molar-refractivity contribution in [2.24, 2.45) is 7.05 Å². The highest BCUT2D eigenvalue weighted by atomic mass is 15.4. The number of hydrogen-bond acceptors (Lipinski definition) is 4. The summed E-state index contributed by atoms with van der Waals surface area (Å²) in [5.74, 6) is 0. The summed E-state index contributed by atoms with van der Waals surface area (Å²) in [6.45, 7) is 1.85. The van der Waals surface area contributed by atoms with Crippen molar-refractivity contribution in [3.8, 4) is 0 Å². The van der Waals surface area contributed by atoms with Gasteiger partial charge in [0.2, 0.25) is 0 Å². The van der Waals surface area contributed by atoms with Gasteiger partial charge in [0.25, 0.3) is 0 Å². The third kappa shape index (κ3) is 2.84. The Morgan fingerprint density at radius 2 is 2.12 bits per heavy atom. The summed E-state index contributed by atoms with van der Waals surface area (Å²) in [6.07, 6.45) is 7.26. The van der Waals surface area contributed by atoms with Crippen LogP contribution in [0.1, 0.15) is 31.4 Å². The molecule has 0 atom stereocenters. The van der Waals surface area contributed by atoms with Crippen LogP contribution in [0.25, 0.3) is 0 Å². The lowest BCUT2D eigenvalue weighted by Gasteiger charge is -2.36. The molecule has 1 aliphatic rings. The normalized spacial score (nSPS) is 19.1. The van der Waals surface area contributed by atoms with Gasteiger partial charge >= 0.3 is 0 Å². The Labute approximate surface area is 103 Å². The molecule has 0 amide bonds. The molecule has 0 aromatic carbocycles. The second kappa shape index (κ2) is 5.14. The topological polar surface area (TPSA) is 46.0 Å². The zero-order chi connectivity index (χ0) is 12.3. The van der Waals surface area contributed by atoms with Gasteiger partial charge in [-0.1, -0.05) is 18.1 Å². The molecule has 1 aromatic rings. The van der Waals surface area contributed by atoms with E-state index in [1.165, 1.54) is 25.7 Å². The molecule has 1 aliphatic carbocycles. The van der Waals surface area contributed by atoms with Gasteiger partial charge in [-0.2, -0.15) is 0 Å². The highest BCUT2D eigenvalue weighted by molar-refractivity contribution is 4.96. The largest absolute Gasteiger partial charge is 0.309 e. The molecule has 1 aromatic heterocycles. The maximum absolute atomic E-state index is 4.08. The van der Waals surface area contributed by atoms with Crippen LogP contribution in [-0.2, 0) is 13.6 Å². The lowest BCUT2D eigenvalue weighted by Crippen LogP contribution is -2.49. The van der Waals surface area contributed by atoms with Gasteiger partial charge in [0, 0.05) is 31.9 Å². The van der Waals surface area contributed by atoms with Crippen LogP contribution in [0, 0.1) is 0 Å². The standard InChI is InChI=1S/C12H23N5/c1-16(2)12(6-4-5-7-12)10-13-8-11-9-17(3)15-14-11/h9,13H,4-8,10H2,1-3H3. The van der Waals surface area contributed by atoms with Gasteiger partial charge in [-0.25, -0.2) is 0 Å². The quantitative estimate of drug-likeness (QED) is 0.822. The van der Waals surface area contributed by atoms with E-state index in [0.29, 0.717) is 5.54 Å². The summed E-state index contributed by atoms with van der Waals surface area (Å²) >= 11 is 0. The second-order valence-corrected chi connectivity index (χ2v) is 5.31. The van der Waals surface area contributed by atoms with Gasteiger partial charge in [-0.15, -0.1) is 5.10 Å². The molecule has 0 bridgehead atoms. The predicted octanol–water partition coefficient (Wildman–Crippen LogP) is 0.779. The van der Waals surface area contributed by atoms with Crippen LogP contribution in [0.3, 0.4) is 0 Å². The molecule has 96 valence electrons. The van der Waals surface area contributed by atoms with E-state index < -0.39 is 0 Å². The van der Waals surface area contributed by atoms with Crippen molar-refractivity contribution >= 4 is 0 Å². The molecule has 1 heterocycles. The Morgan fingerprint density at radius 3 is 2.65 bits per heavy atom. The van der Waals surface area contributed by atoms with Crippen LogP contribution >= 0.6 is 0 Å². The van der Waals surface area contributed by atoms with Crippen molar-refractivity contribution in [3.63, 3.8) is 0 Å². The first-order valence-corrected chi connectivity index (χ1v) is 6.36. The fraction of sp³-hybridized carbons (Fsp3) is 0.833. The van der Waals surface area contributed by atoms with Gasteiger partial charge in [0.05, 0.1) is 5.69 Å². The highest BCUT2D eigenvalue weighted by Gasteiger charge is 2.35. The van der Waals surface area contributed by atoms with Crippen LogP contribution in [0.4, 0.5) is 0 Å². The van der Waals surface area contributed by atoms with E-state index in [1.54, 1.807) is 4.68 Å². The number of nitrogens with zero attached hydrogens (tertiary/aromatic N) is 4. The smallest absolute Gasteiger partial charge is 0.0964 e. The molecule has 1 saturated carbocycles. The minimum Gasteiger partial charge on any atom is -0.309 e. The summed E-state index contributed by atoms with van der Waals surface area (Å²) in [5.41, 5.74) is 1.36. The fourth-order valence-electron chi connectivity index (χ4n) is 2.71. The maximum Gasteiger partial charge on any atom is 0.0964 e. The van der Waals surface area contributed by atoms with E-state index in [2.05, 4.69) is 34.6 Å². The zero-order valence-corrected chi connectivity index (χ0v) is 11.1. The van der Waals surface area contributed by atoms with Crippen LogP contribution < -0.4 is 5.32 Å². The van der Waals surface area contributed by atoms with E-state index in [0.717, 1.165) is 18.8 Å². The molecule has 0 aliphatic heterocycles. The monoisotopic (exact) mass is 237 g/mol. The highest BCUT2D eigenvalue weighted by Crippen LogP contribution is 2.33. The van der Waals surface area contributed by atoms with E-state index in [1.807, 2.05) is 13.2 Å². The molecular formula is C12H23N5. The molecule has 0 radical (unpaired) electrons. The fourth-order valence-corrected chi connectivity index (χ4v) is 2.71. The second-order valence-electron chi connectivity index (χ2n) is 5.31. The summed E-state index contributed by atoms with van der Waals surface area (Å²) in [6, 6.07) is 0. The van der Waals surface area contributed by atoms with E-state index in [9.17, 15) is 0 Å². The molecule has 0 spiro atoms. The zero-order valence-electron chi connectivity index (χ0n) is 11.1. The van der Waals surface area contributed by atoms with Gasteiger partial charge in [-0.05, 0) is 26.9 Å². The first kappa shape index (κ1) is 12.5. The molecule has 5 heteroatoms. The predicted molar refractivity (Wildman–Crippen MR) is 67.6 cm³/mol. The summed E-state index contributed by atoms with van der Waals surface area (Å²) < 4.78 is 1.74. The molecule has 2 rings (SSSR count). The van der Waals surface area contributed by atoms with Crippen LogP contribution in [0.2, 0.25) is 0 Å². The molecule has 17 heavy (non-hydrogen) atoms. The molecule has 0 unspecified atom stereocenters. The van der Waals surface area contributed by atoms with Gasteiger partial charge < -0.3 is 10.2 Å². The lowest BCUT2D eigenvalue weighted by molar-refractivity contribution is 0.153. The lowest BCUT2D eigenvalue weighted by atomic mass is 9.96. The molecule has 1 N–H and O–H groups in total. The Kier molecular flexibility index (Phi) is 3.79. The third-order valence-corrected chi connectivity index (χ3v) is 3.89. The number of nitrogens with one attached hydrogen (secondary N) is 1. The van der Waals surface area contributed by atoms with Crippen molar-refractivity contribution in [2.75, 3.05) is 20.6 Å². The number of likely N-dealkylation sites (N-methyl/N-ethyl adjacent to an activating group) is 1. The van der Waals surface area contributed by atoms with Gasteiger partial charge in [0.1, 0.15) is 0 Å². The third-order valence-electron chi connectivity index (χ3n) is 3.89. The molecule has 1 fully saturated rings. The Hall–Kier alpha value is -0.940.